The number of H-pyrrole nitrogens is 1. The van der Waals surface area contributed by atoms with Gasteiger partial charge in [0.05, 0.1) is 0 Å². The van der Waals surface area contributed by atoms with Gasteiger partial charge in [0, 0.05) is 80.4 Å². The molecular formula is C25H38N6. The standard InChI is InChI=1S/C25H38N6/c1-5-19(17-29(4)26)24-16-28-25-23(24)14-21(15-27-25)20-6-8-22(9-7-20)31-12-10-30(11-13-31)18(2)3/h5,14-18,20,22H,1,6-13,26H2,2-4H3,(H,27,28)/b19-17+/t20-,22+. The fourth-order valence-electron chi connectivity index (χ4n) is 5.33. The Kier molecular flexibility index (Phi) is 6.80. The van der Waals surface area contributed by atoms with Crippen LogP contribution in [0.4, 0.5) is 0 Å². The Labute approximate surface area is 186 Å². The van der Waals surface area contributed by atoms with E-state index in [0.29, 0.717) is 12.0 Å². The number of hydrogen-bond acceptors (Lipinski definition) is 5. The molecule has 1 saturated heterocycles. The molecule has 4 rings (SSSR count). The average Bonchev–Trinajstić information content (AvgIpc) is 3.20. The van der Waals surface area contributed by atoms with Gasteiger partial charge in [-0.2, -0.15) is 0 Å². The van der Waals surface area contributed by atoms with Crippen LogP contribution in [0.2, 0.25) is 0 Å². The molecule has 0 spiro atoms. The van der Waals surface area contributed by atoms with Crippen molar-refractivity contribution in [3.63, 3.8) is 0 Å². The van der Waals surface area contributed by atoms with Crippen LogP contribution in [0.15, 0.2) is 37.3 Å². The summed E-state index contributed by atoms with van der Waals surface area (Å²) in [7, 11) is 1.82. The molecule has 2 aromatic heterocycles. The molecule has 1 aliphatic carbocycles. The third-order valence-electron chi connectivity index (χ3n) is 7.19. The number of nitrogens with one attached hydrogen (secondary N) is 1. The van der Waals surface area contributed by atoms with Crippen LogP contribution < -0.4 is 5.84 Å². The van der Waals surface area contributed by atoms with Crippen molar-refractivity contribution in [2.75, 3.05) is 33.2 Å². The van der Waals surface area contributed by atoms with Crippen molar-refractivity contribution in [2.45, 2.75) is 57.5 Å². The quantitative estimate of drug-likeness (QED) is 0.419. The molecule has 6 nitrogen and oxygen atoms in total. The van der Waals surface area contributed by atoms with Crippen LogP contribution in [0.3, 0.4) is 0 Å². The normalized spacial score (nSPS) is 24.1. The first-order valence-electron chi connectivity index (χ1n) is 11.7. The van der Waals surface area contributed by atoms with E-state index in [1.165, 1.54) is 57.4 Å². The maximum absolute atomic E-state index is 5.84. The molecular weight excluding hydrogens is 384 g/mol. The minimum Gasteiger partial charge on any atom is -0.346 e. The zero-order valence-electron chi connectivity index (χ0n) is 19.3. The van der Waals surface area contributed by atoms with Gasteiger partial charge in [-0.15, -0.1) is 0 Å². The highest BCUT2D eigenvalue weighted by Gasteiger charge is 2.29. The Balaban J connectivity index is 1.43. The van der Waals surface area contributed by atoms with Crippen LogP contribution in [-0.2, 0) is 0 Å². The third kappa shape index (κ3) is 4.86. The van der Waals surface area contributed by atoms with Gasteiger partial charge in [0.25, 0.3) is 0 Å². The summed E-state index contributed by atoms with van der Waals surface area (Å²) in [5.41, 5.74) is 4.39. The zero-order valence-corrected chi connectivity index (χ0v) is 19.3. The van der Waals surface area contributed by atoms with Crippen molar-refractivity contribution >= 4 is 16.6 Å². The van der Waals surface area contributed by atoms with Gasteiger partial charge in [0.2, 0.25) is 0 Å². The second-order valence-electron chi connectivity index (χ2n) is 9.49. The van der Waals surface area contributed by atoms with Gasteiger partial charge in [0.15, 0.2) is 0 Å². The largest absolute Gasteiger partial charge is 0.346 e. The number of nitrogens with two attached hydrogens (primary N) is 1. The summed E-state index contributed by atoms with van der Waals surface area (Å²) in [6.07, 6.45) is 12.9. The molecule has 0 unspecified atom stereocenters. The van der Waals surface area contributed by atoms with Crippen molar-refractivity contribution in [1.82, 2.24) is 24.8 Å². The lowest BCUT2D eigenvalue weighted by atomic mass is 9.81. The van der Waals surface area contributed by atoms with Crippen LogP contribution in [0.5, 0.6) is 0 Å². The minimum absolute atomic E-state index is 0.598. The SMILES string of the molecule is C=C/C(=C\N(C)N)c1c[nH]c2ncc([C@H]3CC[C@@H](N4CCN(C(C)C)CC4)CC3)cc12. The molecule has 3 heterocycles. The van der Waals surface area contributed by atoms with Gasteiger partial charge in [-0.05, 0) is 57.1 Å². The molecule has 0 bridgehead atoms. The summed E-state index contributed by atoms with van der Waals surface area (Å²) in [5.74, 6) is 6.44. The van der Waals surface area contributed by atoms with Crippen molar-refractivity contribution in [1.29, 1.82) is 0 Å². The van der Waals surface area contributed by atoms with Gasteiger partial charge >= 0.3 is 0 Å². The lowest BCUT2D eigenvalue weighted by Gasteiger charge is -2.43. The average molecular weight is 423 g/mol. The van der Waals surface area contributed by atoms with E-state index in [2.05, 4.69) is 47.5 Å². The number of aromatic amines is 1. The Morgan fingerprint density at radius 1 is 1.23 bits per heavy atom. The molecule has 1 aliphatic heterocycles. The van der Waals surface area contributed by atoms with E-state index in [-0.39, 0.29) is 0 Å². The predicted octanol–water partition coefficient (Wildman–Crippen LogP) is 3.95. The Bertz CT molecular complexity index is 911. The molecule has 0 radical (unpaired) electrons. The summed E-state index contributed by atoms with van der Waals surface area (Å²) in [6, 6.07) is 3.75. The highest BCUT2D eigenvalue weighted by atomic mass is 15.4. The molecule has 2 fully saturated rings. The van der Waals surface area contributed by atoms with Gasteiger partial charge < -0.3 is 9.99 Å². The molecule has 3 N–H and O–H groups in total. The van der Waals surface area contributed by atoms with E-state index in [0.717, 1.165) is 28.2 Å². The van der Waals surface area contributed by atoms with Crippen LogP contribution in [-0.4, -0.2) is 70.1 Å². The first-order chi connectivity index (χ1) is 15.0. The van der Waals surface area contributed by atoms with E-state index < -0.39 is 0 Å². The molecule has 31 heavy (non-hydrogen) atoms. The number of rotatable bonds is 6. The molecule has 0 amide bonds. The summed E-state index contributed by atoms with van der Waals surface area (Å²) < 4.78 is 0. The Hall–Kier alpha value is -2.15. The van der Waals surface area contributed by atoms with Gasteiger partial charge in [-0.3, -0.25) is 9.80 Å². The third-order valence-corrected chi connectivity index (χ3v) is 7.19. The first-order valence-corrected chi connectivity index (χ1v) is 11.7. The van der Waals surface area contributed by atoms with E-state index in [4.69, 9.17) is 10.8 Å². The molecule has 1 saturated carbocycles. The number of hydrazine groups is 1. The second-order valence-corrected chi connectivity index (χ2v) is 9.49. The van der Waals surface area contributed by atoms with Crippen molar-refractivity contribution < 1.29 is 0 Å². The number of piperazine rings is 1. The Morgan fingerprint density at radius 2 is 1.94 bits per heavy atom. The van der Waals surface area contributed by atoms with Crippen LogP contribution in [0.1, 0.15) is 56.6 Å². The van der Waals surface area contributed by atoms with Crippen molar-refractivity contribution in [3.05, 3.63) is 48.4 Å². The summed E-state index contributed by atoms with van der Waals surface area (Å²) in [6.45, 7) is 13.5. The smallest absolute Gasteiger partial charge is 0.137 e. The molecule has 2 aliphatic rings. The van der Waals surface area contributed by atoms with E-state index in [9.17, 15) is 0 Å². The van der Waals surface area contributed by atoms with Crippen LogP contribution in [0.25, 0.3) is 16.6 Å². The number of allylic oxidation sites excluding steroid dienone is 2. The van der Waals surface area contributed by atoms with E-state index in [1.54, 1.807) is 5.01 Å². The van der Waals surface area contributed by atoms with E-state index in [1.807, 2.05) is 25.5 Å². The molecule has 0 aromatic carbocycles. The predicted molar refractivity (Wildman–Crippen MR) is 129 cm³/mol. The number of aromatic nitrogens is 2. The van der Waals surface area contributed by atoms with Crippen LogP contribution >= 0.6 is 0 Å². The fourth-order valence-corrected chi connectivity index (χ4v) is 5.33. The maximum Gasteiger partial charge on any atom is 0.137 e. The molecule has 0 atom stereocenters. The number of hydrogen-bond donors (Lipinski definition) is 2. The molecule has 2 aromatic rings. The highest BCUT2D eigenvalue weighted by molar-refractivity contribution is 5.93. The summed E-state index contributed by atoms with van der Waals surface area (Å²) >= 11 is 0. The van der Waals surface area contributed by atoms with Gasteiger partial charge in [-0.25, -0.2) is 10.8 Å². The van der Waals surface area contributed by atoms with Gasteiger partial charge in [-0.1, -0.05) is 12.7 Å². The zero-order chi connectivity index (χ0) is 22.0. The molecule has 168 valence electrons. The van der Waals surface area contributed by atoms with E-state index >= 15 is 0 Å². The van der Waals surface area contributed by atoms with Gasteiger partial charge in [0.1, 0.15) is 5.65 Å². The fraction of sp³-hybridized carbons (Fsp3) is 0.560. The monoisotopic (exact) mass is 422 g/mol. The maximum atomic E-state index is 5.84. The lowest BCUT2D eigenvalue weighted by Crippen LogP contribution is -2.52. The first kappa shape index (κ1) is 22.1. The number of fused-ring (bicyclic) bond motifs is 1. The van der Waals surface area contributed by atoms with Crippen LogP contribution in [0, 0.1) is 0 Å². The Morgan fingerprint density at radius 3 is 2.55 bits per heavy atom. The summed E-state index contributed by atoms with van der Waals surface area (Å²) in [5, 5.41) is 2.72. The number of pyridine rings is 1. The van der Waals surface area contributed by atoms with Crippen molar-refractivity contribution in [3.8, 4) is 0 Å². The highest BCUT2D eigenvalue weighted by Crippen LogP contribution is 2.36. The minimum atomic E-state index is 0.598. The summed E-state index contributed by atoms with van der Waals surface area (Å²) in [4.78, 5) is 13.4. The molecule has 6 heteroatoms. The second kappa shape index (κ2) is 9.55. The van der Waals surface area contributed by atoms with Crippen molar-refractivity contribution in [2.24, 2.45) is 5.84 Å². The lowest BCUT2D eigenvalue weighted by molar-refractivity contribution is 0.0620. The number of nitrogens with zero attached hydrogens (tertiary/aromatic N) is 4. The topological polar surface area (TPSA) is 64.4 Å².